The molecule has 0 aliphatic carbocycles. The van der Waals surface area contributed by atoms with Gasteiger partial charge in [0.05, 0.1) is 6.20 Å². The van der Waals surface area contributed by atoms with Gasteiger partial charge in [-0.15, -0.1) is 0 Å². The number of halogens is 1. The third-order valence-electron chi connectivity index (χ3n) is 2.12. The molecular formula is C12H7ClN2O. The molecule has 2 rings (SSSR count). The van der Waals surface area contributed by atoms with Crippen molar-refractivity contribution in [3.05, 3.63) is 47.7 Å². The minimum absolute atomic E-state index is 0.500. The lowest BCUT2D eigenvalue weighted by Gasteiger charge is -2.03. The van der Waals surface area contributed by atoms with E-state index in [1.54, 1.807) is 24.4 Å². The van der Waals surface area contributed by atoms with Gasteiger partial charge < -0.3 is 0 Å². The number of carbonyl (C=O) groups excluding carboxylic acids is 1. The third kappa shape index (κ3) is 2.16. The Morgan fingerprint density at radius 2 is 1.94 bits per heavy atom. The van der Waals surface area contributed by atoms with Gasteiger partial charge in [0.15, 0.2) is 0 Å². The van der Waals surface area contributed by atoms with E-state index >= 15 is 0 Å². The molecule has 0 bridgehead atoms. The molecule has 0 fully saturated rings. The molecule has 0 unspecified atom stereocenters. The molecule has 16 heavy (non-hydrogen) atoms. The Labute approximate surface area is 97.4 Å². The Morgan fingerprint density at radius 1 is 1.19 bits per heavy atom. The van der Waals surface area contributed by atoms with Gasteiger partial charge >= 0.3 is 0 Å². The lowest BCUT2D eigenvalue weighted by Crippen LogP contribution is -1.80. The molecule has 2 aromatic rings. The average Bonchev–Trinajstić information content (AvgIpc) is 2.32. The smallest absolute Gasteiger partial charge is 0.240 e. The Morgan fingerprint density at radius 3 is 2.62 bits per heavy atom. The maximum Gasteiger partial charge on any atom is 0.240 e. The first-order valence-electron chi connectivity index (χ1n) is 4.59. The van der Waals surface area contributed by atoms with E-state index in [2.05, 4.69) is 9.98 Å². The Bertz CT molecular complexity index is 545. The maximum absolute atomic E-state index is 10.3. The highest BCUT2D eigenvalue weighted by Crippen LogP contribution is 2.29. The van der Waals surface area contributed by atoms with Gasteiger partial charge in [-0.3, -0.25) is 4.98 Å². The maximum atomic E-state index is 10.3. The normalized spacial score (nSPS) is 9.56. The summed E-state index contributed by atoms with van der Waals surface area (Å²) in [5.41, 5.74) is 2.26. The van der Waals surface area contributed by atoms with Crippen molar-refractivity contribution in [3.8, 4) is 11.1 Å². The monoisotopic (exact) mass is 230 g/mol. The predicted octanol–water partition coefficient (Wildman–Crippen LogP) is 3.37. The van der Waals surface area contributed by atoms with E-state index in [1.807, 2.05) is 12.1 Å². The summed E-state index contributed by atoms with van der Waals surface area (Å²) in [6.45, 7) is 0. The largest absolute Gasteiger partial charge is 0.262 e. The zero-order valence-corrected chi connectivity index (χ0v) is 8.98. The van der Waals surface area contributed by atoms with Crippen molar-refractivity contribution in [3.63, 3.8) is 0 Å². The van der Waals surface area contributed by atoms with Gasteiger partial charge in [0.2, 0.25) is 6.08 Å². The van der Waals surface area contributed by atoms with Crippen molar-refractivity contribution >= 4 is 23.4 Å². The second-order valence-electron chi connectivity index (χ2n) is 3.10. The molecule has 0 saturated heterocycles. The molecule has 0 spiro atoms. The quantitative estimate of drug-likeness (QED) is 0.586. The number of nitrogens with zero attached hydrogens (tertiary/aromatic N) is 2. The van der Waals surface area contributed by atoms with E-state index in [1.165, 1.54) is 12.3 Å². The van der Waals surface area contributed by atoms with Crippen molar-refractivity contribution < 1.29 is 4.79 Å². The lowest BCUT2D eigenvalue weighted by molar-refractivity contribution is 0.565. The summed E-state index contributed by atoms with van der Waals surface area (Å²) in [6.07, 6.45) is 4.68. The fourth-order valence-corrected chi connectivity index (χ4v) is 1.52. The van der Waals surface area contributed by atoms with Crippen molar-refractivity contribution in [2.45, 2.75) is 0 Å². The van der Waals surface area contributed by atoms with E-state index in [-0.39, 0.29) is 0 Å². The standard InChI is InChI=1S/C12H7ClN2O/c13-10-3-1-9(2-4-10)11-5-6-14-7-12(11)15-8-16/h1-7H. The van der Waals surface area contributed by atoms with Crippen LogP contribution in [0.4, 0.5) is 5.69 Å². The van der Waals surface area contributed by atoms with Crippen LogP contribution in [-0.4, -0.2) is 11.1 Å². The molecule has 1 heterocycles. The van der Waals surface area contributed by atoms with Crippen molar-refractivity contribution in [1.29, 1.82) is 0 Å². The summed E-state index contributed by atoms with van der Waals surface area (Å²) in [6, 6.07) is 9.08. The minimum Gasteiger partial charge on any atom is -0.262 e. The van der Waals surface area contributed by atoms with Gasteiger partial charge in [-0.1, -0.05) is 23.7 Å². The molecule has 0 aliphatic heterocycles. The molecule has 0 aliphatic rings. The topological polar surface area (TPSA) is 42.3 Å². The van der Waals surface area contributed by atoms with E-state index < -0.39 is 0 Å². The summed E-state index contributed by atoms with van der Waals surface area (Å²) < 4.78 is 0. The molecule has 0 saturated carbocycles. The number of rotatable bonds is 2. The van der Waals surface area contributed by atoms with Gasteiger partial charge in [-0.2, -0.15) is 4.99 Å². The molecule has 0 radical (unpaired) electrons. The third-order valence-corrected chi connectivity index (χ3v) is 2.37. The van der Waals surface area contributed by atoms with Crippen LogP contribution in [0.3, 0.4) is 0 Å². The highest BCUT2D eigenvalue weighted by Gasteiger charge is 2.03. The average molecular weight is 231 g/mol. The van der Waals surface area contributed by atoms with Crippen LogP contribution in [0.25, 0.3) is 11.1 Å². The van der Waals surface area contributed by atoms with E-state index in [0.717, 1.165) is 11.1 Å². The molecule has 4 heteroatoms. The fraction of sp³-hybridized carbons (Fsp3) is 0. The van der Waals surface area contributed by atoms with Crippen LogP contribution in [0.1, 0.15) is 0 Å². The Hall–Kier alpha value is -1.96. The number of pyridine rings is 1. The summed E-state index contributed by atoms with van der Waals surface area (Å²) in [7, 11) is 0. The van der Waals surface area contributed by atoms with Gasteiger partial charge in [0.25, 0.3) is 0 Å². The zero-order chi connectivity index (χ0) is 11.4. The molecular weight excluding hydrogens is 224 g/mol. The molecule has 0 atom stereocenters. The first-order chi connectivity index (χ1) is 7.81. The van der Waals surface area contributed by atoms with Gasteiger partial charge in [0.1, 0.15) is 5.69 Å². The highest BCUT2D eigenvalue weighted by atomic mass is 35.5. The van der Waals surface area contributed by atoms with Gasteiger partial charge in [-0.05, 0) is 23.8 Å². The predicted molar refractivity (Wildman–Crippen MR) is 62.5 cm³/mol. The molecule has 1 aromatic carbocycles. The Balaban J connectivity index is 2.55. The zero-order valence-electron chi connectivity index (χ0n) is 8.22. The first kappa shape index (κ1) is 10.6. The summed E-state index contributed by atoms with van der Waals surface area (Å²) in [5.74, 6) is 0. The molecule has 78 valence electrons. The number of aliphatic imine (C=N–C) groups is 1. The second-order valence-corrected chi connectivity index (χ2v) is 3.54. The van der Waals surface area contributed by atoms with Crippen LogP contribution in [0.2, 0.25) is 5.02 Å². The SMILES string of the molecule is O=C=Nc1cnccc1-c1ccc(Cl)cc1. The molecule has 0 N–H and O–H groups in total. The van der Waals surface area contributed by atoms with Gasteiger partial charge in [0, 0.05) is 16.8 Å². The number of isocyanates is 1. The summed E-state index contributed by atoms with van der Waals surface area (Å²) in [4.78, 5) is 17.8. The van der Waals surface area contributed by atoms with Crippen molar-refractivity contribution in [1.82, 2.24) is 4.98 Å². The van der Waals surface area contributed by atoms with E-state index in [9.17, 15) is 4.79 Å². The number of hydrogen-bond donors (Lipinski definition) is 0. The fourth-order valence-electron chi connectivity index (χ4n) is 1.40. The lowest BCUT2D eigenvalue weighted by atomic mass is 10.1. The highest BCUT2D eigenvalue weighted by molar-refractivity contribution is 6.30. The minimum atomic E-state index is 0.500. The number of benzene rings is 1. The van der Waals surface area contributed by atoms with E-state index in [4.69, 9.17) is 11.6 Å². The van der Waals surface area contributed by atoms with Crippen molar-refractivity contribution in [2.75, 3.05) is 0 Å². The van der Waals surface area contributed by atoms with Crippen LogP contribution in [-0.2, 0) is 4.79 Å². The van der Waals surface area contributed by atoms with Crippen LogP contribution >= 0.6 is 11.6 Å². The molecule has 1 aromatic heterocycles. The van der Waals surface area contributed by atoms with Crippen LogP contribution in [0, 0.1) is 0 Å². The summed E-state index contributed by atoms with van der Waals surface area (Å²) >= 11 is 5.80. The number of hydrogen-bond acceptors (Lipinski definition) is 3. The number of aromatic nitrogens is 1. The Kier molecular flexibility index (Phi) is 3.10. The van der Waals surface area contributed by atoms with Gasteiger partial charge in [-0.25, -0.2) is 4.79 Å². The first-order valence-corrected chi connectivity index (χ1v) is 4.97. The molecule has 0 amide bonds. The van der Waals surface area contributed by atoms with Crippen LogP contribution in [0.15, 0.2) is 47.7 Å². The second kappa shape index (κ2) is 4.71. The van der Waals surface area contributed by atoms with Crippen molar-refractivity contribution in [2.24, 2.45) is 4.99 Å². The van der Waals surface area contributed by atoms with E-state index in [0.29, 0.717) is 10.7 Å². The van der Waals surface area contributed by atoms with Crippen LogP contribution < -0.4 is 0 Å². The van der Waals surface area contributed by atoms with Crippen LogP contribution in [0.5, 0.6) is 0 Å². The summed E-state index contributed by atoms with van der Waals surface area (Å²) in [5, 5.41) is 0.665. The molecule has 3 nitrogen and oxygen atoms in total.